The van der Waals surface area contributed by atoms with E-state index < -0.39 is 0 Å². The fourth-order valence-corrected chi connectivity index (χ4v) is 5.67. The summed E-state index contributed by atoms with van der Waals surface area (Å²) >= 11 is 7.32. The molecule has 0 aliphatic carbocycles. The molecule has 6 aromatic rings. The lowest BCUT2D eigenvalue weighted by Gasteiger charge is -2.10. The highest BCUT2D eigenvalue weighted by Gasteiger charge is 2.17. The maximum absolute atomic E-state index is 13.3. The largest absolute Gasteiger partial charge is 0.291 e. The topological polar surface area (TPSA) is 65.1 Å². The molecule has 0 bridgehead atoms. The first-order valence-electron chi connectivity index (χ1n) is 11.8. The SMILES string of the molecule is Cc1cc(C)c(-c2nn(-c3ccccc3)cc2/C=c2\sc3nc(-c4ccc(Cl)cc4)nn3c2=O)c(C)c1. The molecule has 182 valence electrons. The van der Waals surface area contributed by atoms with Crippen LogP contribution in [0.4, 0.5) is 0 Å². The van der Waals surface area contributed by atoms with Crippen LogP contribution >= 0.6 is 22.9 Å². The number of para-hydroxylation sites is 1. The second kappa shape index (κ2) is 9.10. The molecule has 0 fully saturated rings. The van der Waals surface area contributed by atoms with Gasteiger partial charge in [0.1, 0.15) is 5.69 Å². The van der Waals surface area contributed by atoms with E-state index >= 15 is 0 Å². The highest BCUT2D eigenvalue weighted by molar-refractivity contribution is 7.15. The van der Waals surface area contributed by atoms with Gasteiger partial charge in [-0.05, 0) is 74.4 Å². The Morgan fingerprint density at radius 3 is 2.30 bits per heavy atom. The summed E-state index contributed by atoms with van der Waals surface area (Å²) in [7, 11) is 0. The van der Waals surface area contributed by atoms with E-state index in [1.807, 2.05) is 59.4 Å². The molecule has 0 aliphatic heterocycles. The van der Waals surface area contributed by atoms with Crippen LogP contribution in [0.25, 0.3) is 39.4 Å². The van der Waals surface area contributed by atoms with E-state index in [0.29, 0.717) is 20.3 Å². The van der Waals surface area contributed by atoms with Gasteiger partial charge in [-0.2, -0.15) is 14.6 Å². The Hall–Kier alpha value is -4.07. The van der Waals surface area contributed by atoms with Crippen molar-refractivity contribution in [3.05, 3.63) is 115 Å². The van der Waals surface area contributed by atoms with Gasteiger partial charge in [0.2, 0.25) is 4.96 Å². The fourth-order valence-electron chi connectivity index (χ4n) is 4.65. The van der Waals surface area contributed by atoms with Gasteiger partial charge >= 0.3 is 0 Å². The van der Waals surface area contributed by atoms with E-state index in [0.717, 1.165) is 39.2 Å². The fraction of sp³-hybridized carbons (Fsp3) is 0.103. The van der Waals surface area contributed by atoms with Gasteiger partial charge in [-0.25, -0.2) is 4.68 Å². The Labute approximate surface area is 222 Å². The van der Waals surface area contributed by atoms with Crippen LogP contribution in [-0.4, -0.2) is 24.4 Å². The second-order valence-electron chi connectivity index (χ2n) is 9.04. The number of nitrogens with zero attached hydrogens (tertiary/aromatic N) is 5. The summed E-state index contributed by atoms with van der Waals surface area (Å²) in [5, 5.41) is 10.1. The number of hydrogen-bond acceptors (Lipinski definition) is 5. The highest BCUT2D eigenvalue weighted by Crippen LogP contribution is 2.31. The van der Waals surface area contributed by atoms with Crippen molar-refractivity contribution in [3.8, 4) is 28.3 Å². The Kier molecular flexibility index (Phi) is 5.74. The molecular formula is C29H22ClN5OS. The van der Waals surface area contributed by atoms with E-state index in [2.05, 4.69) is 43.0 Å². The van der Waals surface area contributed by atoms with Crippen LogP contribution in [0, 0.1) is 20.8 Å². The lowest BCUT2D eigenvalue weighted by atomic mass is 9.95. The van der Waals surface area contributed by atoms with Crippen molar-refractivity contribution < 1.29 is 0 Å². The maximum atomic E-state index is 13.3. The molecule has 0 unspecified atom stereocenters. The summed E-state index contributed by atoms with van der Waals surface area (Å²) in [6.07, 6.45) is 3.86. The molecule has 0 N–H and O–H groups in total. The van der Waals surface area contributed by atoms with Gasteiger partial charge in [0.15, 0.2) is 5.82 Å². The van der Waals surface area contributed by atoms with Gasteiger partial charge in [0.25, 0.3) is 5.56 Å². The van der Waals surface area contributed by atoms with Gasteiger partial charge in [-0.3, -0.25) is 4.79 Å². The minimum atomic E-state index is -0.205. The summed E-state index contributed by atoms with van der Waals surface area (Å²) in [6, 6.07) is 21.5. The van der Waals surface area contributed by atoms with Crippen LogP contribution < -0.4 is 10.1 Å². The third-order valence-electron chi connectivity index (χ3n) is 6.25. The lowest BCUT2D eigenvalue weighted by molar-refractivity contribution is 0.883. The minimum Gasteiger partial charge on any atom is -0.266 e. The van der Waals surface area contributed by atoms with Gasteiger partial charge in [-0.15, -0.1) is 5.10 Å². The number of benzene rings is 3. The summed E-state index contributed by atoms with van der Waals surface area (Å²) in [6.45, 7) is 6.29. The first-order chi connectivity index (χ1) is 17.9. The Morgan fingerprint density at radius 2 is 1.62 bits per heavy atom. The maximum Gasteiger partial charge on any atom is 0.291 e. The molecular weight excluding hydrogens is 502 g/mol. The van der Waals surface area contributed by atoms with Crippen molar-refractivity contribution in [1.82, 2.24) is 24.4 Å². The van der Waals surface area contributed by atoms with Gasteiger partial charge in [0, 0.05) is 27.9 Å². The third-order valence-corrected chi connectivity index (χ3v) is 7.46. The molecule has 0 aliphatic rings. The number of aromatic nitrogens is 5. The second-order valence-corrected chi connectivity index (χ2v) is 10.5. The third kappa shape index (κ3) is 4.26. The molecule has 3 aromatic carbocycles. The van der Waals surface area contributed by atoms with Crippen LogP contribution in [0.5, 0.6) is 0 Å². The first-order valence-corrected chi connectivity index (χ1v) is 13.0. The molecule has 37 heavy (non-hydrogen) atoms. The van der Waals surface area contributed by atoms with Crippen molar-refractivity contribution in [1.29, 1.82) is 0 Å². The summed E-state index contributed by atoms with van der Waals surface area (Å²) in [4.78, 5) is 18.5. The van der Waals surface area contributed by atoms with Crippen LogP contribution in [0.3, 0.4) is 0 Å². The smallest absolute Gasteiger partial charge is 0.266 e. The Morgan fingerprint density at radius 1 is 0.919 bits per heavy atom. The molecule has 0 saturated carbocycles. The number of halogens is 1. The molecule has 0 saturated heterocycles. The number of hydrogen-bond donors (Lipinski definition) is 0. The van der Waals surface area contributed by atoms with Gasteiger partial charge in [-0.1, -0.05) is 58.8 Å². The van der Waals surface area contributed by atoms with E-state index in [1.165, 1.54) is 21.4 Å². The zero-order valence-electron chi connectivity index (χ0n) is 20.4. The van der Waals surface area contributed by atoms with Crippen LogP contribution in [0.15, 0.2) is 77.7 Å². The standard InChI is InChI=1S/C29H22ClN5OS/c1-17-13-18(2)25(19(3)14-17)26-21(16-34(32-26)23-7-5-4-6-8-23)15-24-28(36)35-29(37-24)31-27(33-35)20-9-11-22(30)12-10-20/h4-16H,1-3H3/b24-15-. The number of thiazole rings is 1. The highest BCUT2D eigenvalue weighted by atomic mass is 35.5. The number of aryl methyl sites for hydroxylation is 3. The summed E-state index contributed by atoms with van der Waals surface area (Å²) < 4.78 is 3.78. The number of rotatable bonds is 4. The molecule has 0 spiro atoms. The summed E-state index contributed by atoms with van der Waals surface area (Å²) in [5.41, 5.74) is 7.80. The Balaban J connectivity index is 1.52. The van der Waals surface area contributed by atoms with E-state index in [4.69, 9.17) is 16.7 Å². The van der Waals surface area contributed by atoms with E-state index in [1.54, 1.807) is 12.1 Å². The van der Waals surface area contributed by atoms with Crippen molar-refractivity contribution in [2.45, 2.75) is 20.8 Å². The van der Waals surface area contributed by atoms with Crippen molar-refractivity contribution >= 4 is 34.0 Å². The molecule has 0 radical (unpaired) electrons. The Bertz CT molecular complexity index is 1860. The number of fused-ring (bicyclic) bond motifs is 1. The monoisotopic (exact) mass is 523 g/mol. The molecule has 6 nitrogen and oxygen atoms in total. The normalized spacial score (nSPS) is 12.1. The minimum absolute atomic E-state index is 0.205. The van der Waals surface area contributed by atoms with Crippen LogP contribution in [-0.2, 0) is 0 Å². The summed E-state index contributed by atoms with van der Waals surface area (Å²) in [5.74, 6) is 0.495. The first kappa shape index (κ1) is 23.3. The molecule has 3 aromatic heterocycles. The van der Waals surface area contributed by atoms with Crippen LogP contribution in [0.2, 0.25) is 5.02 Å². The molecule has 0 amide bonds. The molecule has 3 heterocycles. The van der Waals surface area contributed by atoms with Crippen molar-refractivity contribution in [2.24, 2.45) is 0 Å². The van der Waals surface area contributed by atoms with Gasteiger partial charge < -0.3 is 0 Å². The van der Waals surface area contributed by atoms with Crippen molar-refractivity contribution in [2.75, 3.05) is 0 Å². The predicted octanol–water partition coefficient (Wildman–Crippen LogP) is 5.80. The molecule has 8 heteroatoms. The lowest BCUT2D eigenvalue weighted by Crippen LogP contribution is -2.23. The van der Waals surface area contributed by atoms with Crippen molar-refractivity contribution in [3.63, 3.8) is 0 Å². The molecule has 0 atom stereocenters. The predicted molar refractivity (Wildman–Crippen MR) is 150 cm³/mol. The quantitative estimate of drug-likeness (QED) is 0.293. The average molecular weight is 524 g/mol. The zero-order chi connectivity index (χ0) is 25.7. The average Bonchev–Trinajstić information content (AvgIpc) is 3.55. The van der Waals surface area contributed by atoms with E-state index in [-0.39, 0.29) is 5.56 Å². The zero-order valence-corrected chi connectivity index (χ0v) is 22.0. The molecule has 6 rings (SSSR count). The van der Waals surface area contributed by atoms with Gasteiger partial charge in [0.05, 0.1) is 10.2 Å². The van der Waals surface area contributed by atoms with E-state index in [9.17, 15) is 4.79 Å². The van der Waals surface area contributed by atoms with Crippen LogP contribution in [0.1, 0.15) is 22.3 Å².